The van der Waals surface area contributed by atoms with Gasteiger partial charge < -0.3 is 4.57 Å². The third-order valence-corrected chi connectivity index (χ3v) is 8.46. The normalized spacial score (nSPS) is 13.5. The van der Waals surface area contributed by atoms with E-state index in [9.17, 15) is 10.2 Å². The molecule has 0 fully saturated rings. The van der Waals surface area contributed by atoms with Crippen LogP contribution in [0, 0.1) is 5.41 Å². The van der Waals surface area contributed by atoms with E-state index in [1.54, 1.807) is 11.2 Å². The average molecular weight is 651 g/mol. The zero-order chi connectivity index (χ0) is 33.9. The number of aliphatic imine (C=N–C) groups is 1. The number of carbonyl (C=O) groups is 1. The number of pyridine rings is 1. The van der Waals surface area contributed by atoms with E-state index in [1.165, 1.54) is 0 Å². The molecule has 9 nitrogen and oxygen atoms in total. The molecule has 2 aromatic heterocycles. The standard InChI is InChI=1S/C41H30N8O/c42-37-36-34(29-15-7-2-8-16-29)25-35(44-38(36)43-27-48(37)26-28-13-5-1-6-14-28)30-21-23-33(24-22-30)49-40(31-17-9-3-10-18-31)45-39(41(49)50)47-46-32-19-11-4-12-20-32/h1-25,27,42,46H,26H2/b42-37?,47-39-. The first kappa shape index (κ1) is 30.3. The van der Waals surface area contributed by atoms with Crippen molar-refractivity contribution in [1.82, 2.24) is 14.5 Å². The molecule has 0 atom stereocenters. The summed E-state index contributed by atoms with van der Waals surface area (Å²) in [6, 6.07) is 48.7. The molecule has 0 saturated heterocycles. The fourth-order valence-electron chi connectivity index (χ4n) is 5.98. The molecule has 7 aromatic rings. The zero-order valence-corrected chi connectivity index (χ0v) is 26.8. The monoisotopic (exact) mass is 650 g/mol. The molecule has 0 saturated carbocycles. The fraction of sp³-hybridized carbons (Fsp3) is 0.0244. The van der Waals surface area contributed by atoms with Gasteiger partial charge in [-0.1, -0.05) is 121 Å². The van der Waals surface area contributed by atoms with Gasteiger partial charge in [-0.2, -0.15) is 0 Å². The number of anilines is 2. The molecule has 1 aliphatic heterocycles. The van der Waals surface area contributed by atoms with Gasteiger partial charge in [-0.15, -0.1) is 5.10 Å². The number of nitrogens with one attached hydrogen (secondary N) is 2. The summed E-state index contributed by atoms with van der Waals surface area (Å²) in [4.78, 5) is 29.7. The van der Waals surface area contributed by atoms with E-state index in [4.69, 9.17) is 9.97 Å². The average Bonchev–Trinajstić information content (AvgIpc) is 3.51. The van der Waals surface area contributed by atoms with Gasteiger partial charge in [0.05, 0.1) is 35.3 Å². The Morgan fingerprint density at radius 3 is 2.00 bits per heavy atom. The van der Waals surface area contributed by atoms with Crippen LogP contribution in [0.15, 0.2) is 168 Å². The van der Waals surface area contributed by atoms with E-state index in [1.807, 2.05) is 156 Å². The second kappa shape index (κ2) is 13.2. The van der Waals surface area contributed by atoms with Gasteiger partial charge in [0, 0.05) is 11.1 Å². The molecule has 0 radical (unpaired) electrons. The van der Waals surface area contributed by atoms with Gasteiger partial charge in [-0.05, 0) is 47.0 Å². The quantitative estimate of drug-likeness (QED) is 0.166. The number of para-hydroxylation sites is 1. The summed E-state index contributed by atoms with van der Waals surface area (Å²) in [5.74, 6) is 0.205. The van der Waals surface area contributed by atoms with E-state index in [0.29, 0.717) is 40.3 Å². The Morgan fingerprint density at radius 1 is 0.700 bits per heavy atom. The van der Waals surface area contributed by atoms with E-state index >= 15 is 0 Å². The Hall–Kier alpha value is -7.00. The second-order valence-electron chi connectivity index (χ2n) is 11.7. The molecule has 0 spiro atoms. The molecule has 5 aromatic carbocycles. The Bertz CT molecular complexity index is 2440. The first-order valence-corrected chi connectivity index (χ1v) is 16.1. The van der Waals surface area contributed by atoms with Gasteiger partial charge in [0.15, 0.2) is 5.65 Å². The first-order valence-electron chi connectivity index (χ1n) is 16.1. The summed E-state index contributed by atoms with van der Waals surface area (Å²) < 4.78 is 1.84. The van der Waals surface area contributed by atoms with Crippen molar-refractivity contribution in [3.05, 3.63) is 175 Å². The van der Waals surface area contributed by atoms with Crippen LogP contribution in [-0.4, -0.2) is 32.1 Å². The molecule has 9 heteroatoms. The van der Waals surface area contributed by atoms with Crippen molar-refractivity contribution >= 4 is 40.0 Å². The summed E-state index contributed by atoms with van der Waals surface area (Å²) in [6.45, 7) is 0.526. The van der Waals surface area contributed by atoms with Crippen molar-refractivity contribution in [3.8, 4) is 22.4 Å². The Kier molecular flexibility index (Phi) is 8.04. The molecule has 8 rings (SSSR count). The number of rotatable bonds is 8. The van der Waals surface area contributed by atoms with Crippen LogP contribution in [0.4, 0.5) is 11.4 Å². The van der Waals surface area contributed by atoms with Gasteiger partial charge >= 0.3 is 5.91 Å². The van der Waals surface area contributed by atoms with E-state index in [0.717, 1.165) is 33.5 Å². The van der Waals surface area contributed by atoms with Gasteiger partial charge in [-0.25, -0.2) is 15.0 Å². The van der Waals surface area contributed by atoms with Crippen LogP contribution in [0.25, 0.3) is 33.4 Å². The predicted molar refractivity (Wildman–Crippen MR) is 198 cm³/mol. The summed E-state index contributed by atoms with van der Waals surface area (Å²) in [5, 5.41) is 14.2. The molecule has 3 heterocycles. The summed E-state index contributed by atoms with van der Waals surface area (Å²) in [6.07, 6.45) is 1.68. The number of hydrogen-bond donors (Lipinski definition) is 2. The van der Waals surface area contributed by atoms with E-state index < -0.39 is 0 Å². The molecule has 2 N–H and O–H groups in total. The Morgan fingerprint density at radius 2 is 1.32 bits per heavy atom. The van der Waals surface area contributed by atoms with Crippen LogP contribution in [0.3, 0.4) is 0 Å². The number of aromatic nitrogens is 3. The lowest BCUT2D eigenvalue weighted by Crippen LogP contribution is -2.34. The minimum absolute atomic E-state index is 0.0576. The van der Waals surface area contributed by atoms with Gasteiger partial charge in [-0.3, -0.25) is 20.5 Å². The number of amides is 1. The zero-order valence-electron chi connectivity index (χ0n) is 26.8. The maximum Gasteiger partial charge on any atom is 0.303 e. The van der Waals surface area contributed by atoms with Crippen molar-refractivity contribution < 1.29 is 4.79 Å². The van der Waals surface area contributed by atoms with Crippen LogP contribution in [0.1, 0.15) is 11.1 Å². The molecular formula is C41H30N8O. The molecule has 1 aliphatic rings. The maximum absolute atomic E-state index is 13.8. The van der Waals surface area contributed by atoms with Crippen molar-refractivity contribution in [3.63, 3.8) is 0 Å². The van der Waals surface area contributed by atoms with Gasteiger partial charge in [0.25, 0.3) is 0 Å². The molecule has 0 unspecified atom stereocenters. The van der Waals surface area contributed by atoms with E-state index in [2.05, 4.69) is 15.5 Å². The molecule has 0 aliphatic carbocycles. The van der Waals surface area contributed by atoms with Gasteiger partial charge in [0.1, 0.15) is 11.3 Å². The van der Waals surface area contributed by atoms with Crippen LogP contribution in [0.5, 0.6) is 0 Å². The number of amidine groups is 2. The highest BCUT2D eigenvalue weighted by atomic mass is 16.2. The highest BCUT2D eigenvalue weighted by Crippen LogP contribution is 2.32. The Balaban J connectivity index is 1.17. The first-order chi connectivity index (χ1) is 24.6. The molecule has 240 valence electrons. The number of fused-ring (bicyclic) bond motifs is 1. The smallest absolute Gasteiger partial charge is 0.303 e. The number of carbonyl (C=O) groups excluding carboxylic acids is 1. The van der Waals surface area contributed by atoms with Crippen LogP contribution < -0.4 is 15.8 Å². The maximum atomic E-state index is 13.8. The third-order valence-electron chi connectivity index (χ3n) is 8.46. The number of nitrogens with zero attached hydrogens (tertiary/aromatic N) is 6. The van der Waals surface area contributed by atoms with Crippen LogP contribution in [0.2, 0.25) is 0 Å². The summed E-state index contributed by atoms with van der Waals surface area (Å²) in [7, 11) is 0. The number of hydrazone groups is 1. The van der Waals surface area contributed by atoms with Gasteiger partial charge in [0.2, 0.25) is 5.84 Å². The Labute approximate surface area is 288 Å². The number of benzene rings is 5. The third kappa shape index (κ3) is 5.95. The minimum atomic E-state index is -0.341. The minimum Gasteiger partial charge on any atom is -0.312 e. The summed E-state index contributed by atoms with van der Waals surface area (Å²) in [5.41, 5.74) is 10.4. The molecule has 0 bridgehead atoms. The van der Waals surface area contributed by atoms with E-state index in [-0.39, 0.29) is 11.7 Å². The summed E-state index contributed by atoms with van der Waals surface area (Å²) >= 11 is 0. The topological polar surface area (TPSA) is 112 Å². The van der Waals surface area contributed by atoms with Crippen molar-refractivity contribution in [2.24, 2.45) is 10.1 Å². The van der Waals surface area contributed by atoms with Crippen molar-refractivity contribution in [2.45, 2.75) is 6.54 Å². The fourth-order valence-corrected chi connectivity index (χ4v) is 5.98. The lowest BCUT2D eigenvalue weighted by atomic mass is 10.00. The highest BCUT2D eigenvalue weighted by Gasteiger charge is 2.34. The van der Waals surface area contributed by atoms with Crippen molar-refractivity contribution in [2.75, 3.05) is 10.3 Å². The molecule has 1 amide bonds. The highest BCUT2D eigenvalue weighted by molar-refractivity contribution is 6.55. The van der Waals surface area contributed by atoms with Crippen LogP contribution in [-0.2, 0) is 11.3 Å². The molecular weight excluding hydrogens is 621 g/mol. The largest absolute Gasteiger partial charge is 0.312 e. The van der Waals surface area contributed by atoms with Crippen LogP contribution >= 0.6 is 0 Å². The second-order valence-corrected chi connectivity index (χ2v) is 11.7. The predicted octanol–water partition coefficient (Wildman–Crippen LogP) is 7.51. The van der Waals surface area contributed by atoms with Crippen molar-refractivity contribution in [1.29, 1.82) is 5.41 Å². The molecule has 50 heavy (non-hydrogen) atoms. The lowest BCUT2D eigenvalue weighted by molar-refractivity contribution is -0.111. The SMILES string of the molecule is N=c1c2c(-c3ccccc3)cc(-c3ccc(N4C(=O)/C(=N/Nc5ccccc5)N=C4c4ccccc4)cc3)nc2ncn1Cc1ccccc1. The lowest BCUT2D eigenvalue weighted by Gasteiger charge is -2.19. The number of hydrogen-bond acceptors (Lipinski definition) is 6.